The number of carbonyl (C=O) groups is 3. The lowest BCUT2D eigenvalue weighted by molar-refractivity contribution is -0.152. The molecule has 3 aromatic carbocycles. The van der Waals surface area contributed by atoms with E-state index in [0.29, 0.717) is 33.9 Å². The van der Waals surface area contributed by atoms with Crippen LogP contribution < -0.4 is 30.2 Å². The maximum Gasteiger partial charge on any atom is 0.380 e. The van der Waals surface area contributed by atoms with Gasteiger partial charge in [-0.3, -0.25) is 71.0 Å². The van der Waals surface area contributed by atoms with Crippen molar-refractivity contribution >= 4 is 112 Å². The molecule has 9 rings (SSSR count). The summed E-state index contributed by atoms with van der Waals surface area (Å²) in [6, 6.07) is 25.2. The quantitative estimate of drug-likeness (QED) is 0.00802. The van der Waals surface area contributed by atoms with Gasteiger partial charge < -0.3 is 57.3 Å². The van der Waals surface area contributed by atoms with Crippen LogP contribution in [0.15, 0.2) is 124 Å². The number of hydrogen-bond donors (Lipinski definition) is 6. The van der Waals surface area contributed by atoms with Gasteiger partial charge in [0.05, 0.1) is 74.4 Å². The van der Waals surface area contributed by atoms with Crippen molar-refractivity contribution < 1.29 is 99.0 Å². The van der Waals surface area contributed by atoms with Crippen LogP contribution in [0.2, 0.25) is 0 Å². The molecule has 108 heavy (non-hydrogen) atoms. The Labute approximate surface area is 653 Å². The molecule has 6 aromatic rings. The molecule has 39 heteroatoms. The number of aliphatic hydroxyl groups excluding tert-OH is 3. The zero-order valence-electron chi connectivity index (χ0n) is 61.0. The highest BCUT2D eigenvalue weighted by Crippen LogP contribution is 2.54. The Bertz CT molecular complexity index is 4110. The molecule has 594 valence electrons. The van der Waals surface area contributed by atoms with Crippen LogP contribution in [0.1, 0.15) is 97.7 Å². The molecular weight excluding hydrogens is 1590 g/mol. The van der Waals surface area contributed by atoms with Crippen molar-refractivity contribution in [3.8, 4) is 17.2 Å². The SMILES string of the molecule is Cc1cn([C@H]2O[C@@H](COP(=O)(C[C@@H](C)C(=O)OC(C)C)Oc3ccccc3)C(O)[C@H]2Cl)c(=S)[nH]c1=O.Cc1cn([C@H]2O[C@@H](CO[P@@](=O)(C[C@@H](C)C(=O)OC(C)C)Oc3ccccc3)C(O)[C@H]2Cl)c(=S)[nH]c1=O.Cc1cn([C@H]2O[C@@H](CO[P@](=O)(C[C@@H](C)C(=O)OC(C)C)Oc3ccccc3)C(O)[C@H]2Cl)c(=S)[nH]c1=O. The maximum absolute atomic E-state index is 13.7. The summed E-state index contributed by atoms with van der Waals surface area (Å²) in [5.41, 5.74) is 0.120. The van der Waals surface area contributed by atoms with E-state index in [-0.39, 0.29) is 87.6 Å². The predicted octanol–water partition coefficient (Wildman–Crippen LogP) is 11.9. The van der Waals surface area contributed by atoms with E-state index in [4.69, 9.17) is 127 Å². The fraction of sp³-hybridized carbons (Fsp3) is 0.522. The number of carbonyl (C=O) groups excluding carboxylic acids is 3. The predicted molar refractivity (Wildman–Crippen MR) is 408 cm³/mol. The molecule has 3 aromatic heterocycles. The van der Waals surface area contributed by atoms with Gasteiger partial charge in [-0.25, -0.2) is 13.7 Å². The van der Waals surface area contributed by atoms with Crippen LogP contribution in [0.5, 0.6) is 17.2 Å². The molecule has 18 atom stereocenters. The minimum Gasteiger partial charge on any atom is -0.463 e. The van der Waals surface area contributed by atoms with Gasteiger partial charge in [0.1, 0.15) is 70.0 Å². The van der Waals surface area contributed by atoms with E-state index in [1.54, 1.807) is 174 Å². The number of ether oxygens (including phenoxy) is 6. The van der Waals surface area contributed by atoms with Crippen LogP contribution in [0.3, 0.4) is 0 Å². The number of benzene rings is 3. The molecular formula is C69H90Cl3N6O24P3S3. The summed E-state index contributed by atoms with van der Waals surface area (Å²) in [5.74, 6) is -3.08. The molecule has 3 saturated heterocycles. The van der Waals surface area contributed by atoms with Crippen molar-refractivity contribution in [2.75, 3.05) is 38.3 Å². The number of para-hydroxylation sites is 3. The Morgan fingerprint density at radius 2 is 0.657 bits per heavy atom. The third-order valence-corrected chi connectivity index (χ3v) is 24.6. The van der Waals surface area contributed by atoms with Crippen molar-refractivity contribution in [1.82, 2.24) is 28.7 Å². The third-order valence-electron chi connectivity index (χ3n) is 16.2. The van der Waals surface area contributed by atoms with Crippen molar-refractivity contribution in [3.63, 3.8) is 0 Å². The Hall–Kier alpha value is -6.03. The average Bonchev–Trinajstić information content (AvgIpc) is 1.65. The van der Waals surface area contributed by atoms with Crippen LogP contribution in [-0.4, -0.2) is 171 Å². The van der Waals surface area contributed by atoms with Gasteiger partial charge in [0, 0.05) is 35.3 Å². The van der Waals surface area contributed by atoms with E-state index in [1.807, 2.05) is 0 Å². The Kier molecular flexibility index (Phi) is 33.0. The number of rotatable bonds is 30. The molecule has 0 amide bonds. The van der Waals surface area contributed by atoms with Gasteiger partial charge in [-0.05, 0) is 135 Å². The van der Waals surface area contributed by atoms with E-state index in [1.165, 1.54) is 32.3 Å². The second-order valence-corrected chi connectivity index (χ2v) is 35.3. The first-order valence-corrected chi connectivity index (χ1v) is 41.9. The van der Waals surface area contributed by atoms with Crippen LogP contribution >= 0.6 is 94.2 Å². The molecule has 4 unspecified atom stereocenters. The summed E-state index contributed by atoms with van der Waals surface area (Å²) >= 11 is 34.9. The van der Waals surface area contributed by atoms with E-state index in [0.717, 1.165) is 0 Å². The minimum absolute atomic E-state index is 0.0746. The number of alkyl halides is 3. The largest absolute Gasteiger partial charge is 0.463 e. The van der Waals surface area contributed by atoms with Gasteiger partial charge in [-0.2, -0.15) is 0 Å². The molecule has 0 radical (unpaired) electrons. The first-order valence-electron chi connectivity index (χ1n) is 34.2. The Morgan fingerprint density at radius 1 is 0.435 bits per heavy atom. The van der Waals surface area contributed by atoms with E-state index in [9.17, 15) is 57.8 Å². The molecule has 6 N–H and O–H groups in total. The second kappa shape index (κ2) is 39.9. The van der Waals surface area contributed by atoms with E-state index >= 15 is 0 Å². The van der Waals surface area contributed by atoms with Crippen LogP contribution in [-0.2, 0) is 70.1 Å². The number of H-pyrrole nitrogens is 3. The summed E-state index contributed by atoms with van der Waals surface area (Å²) in [6.45, 7) is 18.8. The van der Waals surface area contributed by atoms with Crippen molar-refractivity contribution in [2.45, 2.75) is 173 Å². The van der Waals surface area contributed by atoms with Crippen molar-refractivity contribution in [3.05, 3.63) is 172 Å². The van der Waals surface area contributed by atoms with Crippen LogP contribution in [0, 0.1) is 52.8 Å². The van der Waals surface area contributed by atoms with E-state index in [2.05, 4.69) is 15.0 Å². The average molecular weight is 1680 g/mol. The zero-order chi connectivity index (χ0) is 79.9. The first kappa shape index (κ1) is 89.2. The summed E-state index contributed by atoms with van der Waals surface area (Å²) in [6.07, 6.45) is -6.63. The minimum atomic E-state index is -3.92. The number of halogens is 3. The number of esters is 3. The highest BCUT2D eigenvalue weighted by molar-refractivity contribution is 7.71. The molecule has 0 bridgehead atoms. The zero-order valence-corrected chi connectivity index (χ0v) is 68.4. The highest BCUT2D eigenvalue weighted by Gasteiger charge is 2.49. The summed E-state index contributed by atoms with van der Waals surface area (Å²) < 4.78 is 113. The highest BCUT2D eigenvalue weighted by atomic mass is 35.5. The molecule has 0 aliphatic carbocycles. The second-order valence-electron chi connectivity index (χ2n) is 26.6. The molecule has 3 aliphatic heterocycles. The van der Waals surface area contributed by atoms with Crippen LogP contribution in [0.4, 0.5) is 0 Å². The lowest BCUT2D eigenvalue weighted by Gasteiger charge is -2.24. The van der Waals surface area contributed by atoms with Gasteiger partial charge in [-0.15, -0.1) is 34.8 Å². The summed E-state index contributed by atoms with van der Waals surface area (Å²) in [7, 11) is -11.8. The smallest absolute Gasteiger partial charge is 0.380 e. The van der Waals surface area contributed by atoms with Crippen LogP contribution in [0.25, 0.3) is 0 Å². The number of aryl methyl sites for hydroxylation is 3. The van der Waals surface area contributed by atoms with Crippen molar-refractivity contribution in [2.24, 2.45) is 17.8 Å². The molecule has 3 aliphatic rings. The molecule has 6 heterocycles. The number of nitrogens with zero attached hydrogens (tertiary/aromatic N) is 3. The molecule has 3 fully saturated rings. The monoisotopic (exact) mass is 1680 g/mol. The lowest BCUT2D eigenvalue weighted by atomic mass is 10.2. The standard InChI is InChI=1S/3C23H30ClN2O8PS/c3*1-13(2)32-22(29)15(4)12-35(30,34-16-8-6-5-7-9-16)31-11-17-19(27)18(24)21(33-17)26-10-14(3)20(28)25-23(26)36/h3*5-10,13,15,17-19,21,27H,11-12H2,1-4H3,(H,25,28,36)/t15-,17+,18-,19?,21+,35?;15-,17+,18-,19?,21+,35+;15-,17+,18-,19?,21+,35-/m111/s1. The van der Waals surface area contributed by atoms with Gasteiger partial charge in [0.15, 0.2) is 33.0 Å². The van der Waals surface area contributed by atoms with Gasteiger partial charge in [0.25, 0.3) is 16.7 Å². The Balaban J connectivity index is 0.000000226. The van der Waals surface area contributed by atoms with Gasteiger partial charge in [0.2, 0.25) is 0 Å². The summed E-state index contributed by atoms with van der Waals surface area (Å²) in [5, 5.41) is 29.3. The molecule has 0 spiro atoms. The number of aliphatic hydroxyl groups is 3. The van der Waals surface area contributed by atoms with Gasteiger partial charge >= 0.3 is 40.7 Å². The molecule has 0 saturated carbocycles. The normalized spacial score (nSPS) is 24.3. The number of aromatic amines is 3. The number of aromatic nitrogens is 6. The molecule has 30 nitrogen and oxygen atoms in total. The number of nitrogens with one attached hydrogen (secondary N) is 3. The maximum atomic E-state index is 13.7. The van der Waals surface area contributed by atoms with Crippen molar-refractivity contribution in [1.29, 1.82) is 0 Å². The number of hydrogen-bond acceptors (Lipinski definition) is 27. The Morgan fingerprint density at radius 3 is 0.870 bits per heavy atom. The fourth-order valence-electron chi connectivity index (χ4n) is 10.6. The third kappa shape index (κ3) is 25.0. The van der Waals surface area contributed by atoms with E-state index < -0.39 is 130 Å². The fourth-order valence-corrected chi connectivity index (χ4v) is 18.0. The van der Waals surface area contributed by atoms with Gasteiger partial charge in [-0.1, -0.05) is 75.4 Å². The summed E-state index contributed by atoms with van der Waals surface area (Å²) in [4.78, 5) is 80.1. The first-order chi connectivity index (χ1) is 50.7. The topological polar surface area (TPSA) is 387 Å². The lowest BCUT2D eigenvalue weighted by Crippen LogP contribution is -2.31.